The molecule has 4 aromatic rings. The molecule has 0 fully saturated rings. The Hall–Kier alpha value is -4.58. The summed E-state index contributed by atoms with van der Waals surface area (Å²) in [6.07, 6.45) is 0.962. The van der Waals surface area contributed by atoms with Crippen molar-refractivity contribution in [3.05, 3.63) is 124 Å². The van der Waals surface area contributed by atoms with Crippen molar-refractivity contribution in [2.45, 2.75) is 59.6 Å². The number of rotatable bonds is 13. The highest BCUT2D eigenvalue weighted by Gasteiger charge is 2.21. The van der Waals surface area contributed by atoms with Gasteiger partial charge in [0.05, 0.1) is 6.04 Å². The molecule has 1 unspecified atom stereocenters. The van der Waals surface area contributed by atoms with Crippen LogP contribution in [0.3, 0.4) is 0 Å². The summed E-state index contributed by atoms with van der Waals surface area (Å²) < 4.78 is 11.9. The number of aliphatic carboxylic acids is 1. The first-order valence-corrected chi connectivity index (χ1v) is 14.3. The summed E-state index contributed by atoms with van der Waals surface area (Å²) in [5.74, 6) is 1.25. The number of para-hydroxylation sites is 1. The van der Waals surface area contributed by atoms with E-state index < -0.39 is 5.97 Å². The van der Waals surface area contributed by atoms with Crippen molar-refractivity contribution in [2.75, 3.05) is 0 Å². The fourth-order valence-corrected chi connectivity index (χ4v) is 4.96. The van der Waals surface area contributed by atoms with Crippen molar-refractivity contribution in [1.29, 1.82) is 0 Å². The van der Waals surface area contributed by atoms with Crippen LogP contribution >= 0.6 is 0 Å². The van der Waals surface area contributed by atoms with Gasteiger partial charge in [-0.15, -0.1) is 0 Å². The molecular formula is C36H39NO5. The van der Waals surface area contributed by atoms with Crippen molar-refractivity contribution >= 4 is 11.9 Å². The van der Waals surface area contributed by atoms with Gasteiger partial charge in [-0.05, 0) is 85.7 Å². The minimum atomic E-state index is -0.908. The van der Waals surface area contributed by atoms with E-state index in [1.54, 1.807) is 18.2 Å². The maximum absolute atomic E-state index is 13.7. The smallest absolute Gasteiger partial charge is 0.303 e. The maximum atomic E-state index is 13.7. The van der Waals surface area contributed by atoms with Crippen LogP contribution in [0.4, 0.5) is 0 Å². The molecule has 4 rings (SSSR count). The fourth-order valence-electron chi connectivity index (χ4n) is 4.96. The molecule has 42 heavy (non-hydrogen) atoms. The Balaban J connectivity index is 1.51. The Morgan fingerprint density at radius 3 is 2.10 bits per heavy atom. The number of hydrogen-bond donors (Lipinski definition) is 2. The zero-order chi connectivity index (χ0) is 30.1. The van der Waals surface area contributed by atoms with Crippen LogP contribution in [-0.2, 0) is 17.8 Å². The van der Waals surface area contributed by atoms with Crippen molar-refractivity contribution in [2.24, 2.45) is 5.92 Å². The highest BCUT2D eigenvalue weighted by molar-refractivity contribution is 5.96. The van der Waals surface area contributed by atoms with Crippen LogP contribution in [-0.4, -0.2) is 17.0 Å². The molecule has 0 aliphatic rings. The standard InChI is InChI=1S/C36H39NO5/c1-24(2)18-34(29-20-25(3)19-26(4)21-29)37-36(40)33-22-32(16-12-28(33)13-17-35(38)39)41-23-27-10-14-31(15-11-27)42-30-8-6-5-7-9-30/h5-12,14-16,19-22,24,34H,13,17-18,23H2,1-4H3,(H,37,40)(H,38,39). The zero-order valence-corrected chi connectivity index (χ0v) is 24.7. The monoisotopic (exact) mass is 565 g/mol. The van der Waals surface area contributed by atoms with E-state index in [-0.39, 0.29) is 24.8 Å². The number of nitrogens with one attached hydrogen (secondary N) is 1. The summed E-state index contributed by atoms with van der Waals surface area (Å²) in [6, 6.07) is 28.7. The largest absolute Gasteiger partial charge is 0.489 e. The number of carboxylic acids is 1. The number of hydrogen-bond acceptors (Lipinski definition) is 4. The van der Waals surface area contributed by atoms with Crippen LogP contribution in [0.25, 0.3) is 0 Å². The molecule has 0 aliphatic carbocycles. The first kappa shape index (κ1) is 30.4. The number of carbonyl (C=O) groups excluding carboxylic acids is 1. The topological polar surface area (TPSA) is 84.9 Å². The SMILES string of the molecule is Cc1cc(C)cc(C(CC(C)C)NC(=O)c2cc(OCc3ccc(Oc4ccccc4)cc3)ccc2CCC(=O)O)c1. The third-order valence-electron chi connectivity index (χ3n) is 6.90. The number of carbonyl (C=O) groups is 2. The van der Waals surface area contributed by atoms with Gasteiger partial charge in [0, 0.05) is 12.0 Å². The lowest BCUT2D eigenvalue weighted by atomic mass is 9.93. The quantitative estimate of drug-likeness (QED) is 0.171. The van der Waals surface area contributed by atoms with Gasteiger partial charge in [-0.1, -0.05) is 79.6 Å². The van der Waals surface area contributed by atoms with Gasteiger partial charge >= 0.3 is 5.97 Å². The summed E-state index contributed by atoms with van der Waals surface area (Å²) in [5, 5.41) is 12.5. The average Bonchev–Trinajstić information content (AvgIpc) is 2.95. The van der Waals surface area contributed by atoms with Gasteiger partial charge in [0.2, 0.25) is 0 Å². The van der Waals surface area contributed by atoms with Gasteiger partial charge in [0.15, 0.2) is 0 Å². The average molecular weight is 566 g/mol. The lowest BCUT2D eigenvalue weighted by Crippen LogP contribution is -2.30. The molecular weight excluding hydrogens is 526 g/mol. The van der Waals surface area contributed by atoms with E-state index in [4.69, 9.17) is 9.47 Å². The Bertz CT molecular complexity index is 1480. The van der Waals surface area contributed by atoms with Crippen LogP contribution < -0.4 is 14.8 Å². The molecule has 0 heterocycles. The summed E-state index contributed by atoms with van der Waals surface area (Å²) in [4.78, 5) is 25.1. The second-order valence-electron chi connectivity index (χ2n) is 11.1. The Labute approximate surface area is 248 Å². The van der Waals surface area contributed by atoms with Gasteiger partial charge in [-0.2, -0.15) is 0 Å². The van der Waals surface area contributed by atoms with E-state index in [9.17, 15) is 14.7 Å². The summed E-state index contributed by atoms with van der Waals surface area (Å²) >= 11 is 0. The third kappa shape index (κ3) is 8.96. The summed E-state index contributed by atoms with van der Waals surface area (Å²) in [5.41, 5.74) is 5.40. The predicted octanol–water partition coefficient (Wildman–Crippen LogP) is 8.21. The van der Waals surface area contributed by atoms with Crippen molar-refractivity contribution < 1.29 is 24.2 Å². The minimum Gasteiger partial charge on any atom is -0.489 e. The van der Waals surface area contributed by atoms with E-state index >= 15 is 0 Å². The van der Waals surface area contributed by atoms with E-state index in [0.29, 0.717) is 29.4 Å². The molecule has 0 saturated carbocycles. The first-order valence-electron chi connectivity index (χ1n) is 14.3. The summed E-state index contributed by atoms with van der Waals surface area (Å²) in [7, 11) is 0. The van der Waals surface area contributed by atoms with Crippen LogP contribution in [0, 0.1) is 19.8 Å². The van der Waals surface area contributed by atoms with E-state index in [2.05, 4.69) is 51.2 Å². The molecule has 6 heteroatoms. The lowest BCUT2D eigenvalue weighted by Gasteiger charge is -2.23. The normalized spacial score (nSPS) is 11.6. The molecule has 0 radical (unpaired) electrons. The van der Waals surface area contributed by atoms with Gasteiger partial charge in [0.25, 0.3) is 5.91 Å². The van der Waals surface area contributed by atoms with Crippen LogP contribution in [0.15, 0.2) is 91.0 Å². The van der Waals surface area contributed by atoms with E-state index in [1.165, 1.54) is 0 Å². The number of ether oxygens (including phenoxy) is 2. The predicted molar refractivity (Wildman–Crippen MR) is 165 cm³/mol. The number of aryl methyl sites for hydroxylation is 3. The first-order chi connectivity index (χ1) is 20.2. The molecule has 0 aromatic heterocycles. The van der Waals surface area contributed by atoms with Crippen molar-refractivity contribution in [3.8, 4) is 17.2 Å². The van der Waals surface area contributed by atoms with Gasteiger partial charge < -0.3 is 19.9 Å². The second kappa shape index (κ2) is 14.4. The Kier molecular flexibility index (Phi) is 10.4. The van der Waals surface area contributed by atoms with Crippen molar-refractivity contribution in [1.82, 2.24) is 5.32 Å². The molecule has 1 amide bonds. The maximum Gasteiger partial charge on any atom is 0.303 e. The fraction of sp³-hybridized carbons (Fsp3) is 0.278. The number of carboxylic acid groups (broad SMARTS) is 1. The molecule has 0 saturated heterocycles. The molecule has 218 valence electrons. The van der Waals surface area contributed by atoms with Gasteiger partial charge in [0.1, 0.15) is 23.9 Å². The Morgan fingerprint density at radius 2 is 1.45 bits per heavy atom. The molecule has 6 nitrogen and oxygen atoms in total. The molecule has 1 atom stereocenters. The van der Waals surface area contributed by atoms with Crippen LogP contribution in [0.2, 0.25) is 0 Å². The number of benzene rings is 4. The Morgan fingerprint density at radius 1 is 0.810 bits per heavy atom. The van der Waals surface area contributed by atoms with Gasteiger partial charge in [-0.3, -0.25) is 9.59 Å². The van der Waals surface area contributed by atoms with E-state index in [1.807, 2.05) is 54.6 Å². The summed E-state index contributed by atoms with van der Waals surface area (Å²) in [6.45, 7) is 8.68. The highest BCUT2D eigenvalue weighted by Crippen LogP contribution is 2.27. The molecule has 0 bridgehead atoms. The minimum absolute atomic E-state index is 0.0651. The molecule has 2 N–H and O–H groups in total. The van der Waals surface area contributed by atoms with Crippen LogP contribution in [0.5, 0.6) is 17.2 Å². The van der Waals surface area contributed by atoms with Crippen molar-refractivity contribution in [3.63, 3.8) is 0 Å². The lowest BCUT2D eigenvalue weighted by molar-refractivity contribution is -0.136. The number of amides is 1. The highest BCUT2D eigenvalue weighted by atomic mass is 16.5. The van der Waals surface area contributed by atoms with E-state index in [0.717, 1.165) is 40.2 Å². The molecule has 0 aliphatic heterocycles. The van der Waals surface area contributed by atoms with Crippen LogP contribution in [0.1, 0.15) is 70.9 Å². The zero-order valence-electron chi connectivity index (χ0n) is 24.7. The third-order valence-corrected chi connectivity index (χ3v) is 6.90. The second-order valence-corrected chi connectivity index (χ2v) is 11.1. The molecule has 4 aromatic carbocycles. The van der Waals surface area contributed by atoms with Gasteiger partial charge in [-0.25, -0.2) is 0 Å². The molecule has 0 spiro atoms.